The van der Waals surface area contributed by atoms with Crippen LogP contribution >= 0.6 is 0 Å². The van der Waals surface area contributed by atoms with Gasteiger partial charge in [0.15, 0.2) is 0 Å². The van der Waals surface area contributed by atoms with Crippen LogP contribution in [-0.2, 0) is 6.42 Å². The monoisotopic (exact) mass is 375 g/mol. The summed E-state index contributed by atoms with van der Waals surface area (Å²) < 4.78 is 27.2. The highest BCUT2D eigenvalue weighted by Gasteiger charge is 2.11. The third kappa shape index (κ3) is 3.71. The van der Waals surface area contributed by atoms with Crippen LogP contribution in [0.2, 0.25) is 0 Å². The minimum atomic E-state index is -0.701. The molecule has 0 saturated heterocycles. The third-order valence-electron chi connectivity index (χ3n) is 4.27. The number of hydrogen-bond acceptors (Lipinski definition) is 4. The topological polar surface area (TPSA) is 58.9 Å². The van der Waals surface area contributed by atoms with Gasteiger partial charge in [0.25, 0.3) is 0 Å². The van der Waals surface area contributed by atoms with Crippen LogP contribution in [0.5, 0.6) is 5.75 Å². The van der Waals surface area contributed by atoms with Crippen molar-refractivity contribution in [3.63, 3.8) is 0 Å². The van der Waals surface area contributed by atoms with Gasteiger partial charge in [-0.1, -0.05) is 24.3 Å². The first-order valence-corrected chi connectivity index (χ1v) is 8.61. The Kier molecular flexibility index (Phi) is 4.76. The van der Waals surface area contributed by atoms with Gasteiger partial charge < -0.3 is 5.11 Å². The summed E-state index contributed by atoms with van der Waals surface area (Å²) >= 11 is 0. The molecule has 4 aromatic rings. The number of benzene rings is 2. The van der Waals surface area contributed by atoms with Gasteiger partial charge in [0.1, 0.15) is 23.1 Å². The van der Waals surface area contributed by atoms with Crippen LogP contribution in [0.1, 0.15) is 11.3 Å². The molecule has 4 nitrogen and oxygen atoms in total. The van der Waals surface area contributed by atoms with E-state index in [1.165, 1.54) is 24.5 Å². The maximum Gasteiger partial charge on any atom is 0.135 e. The van der Waals surface area contributed by atoms with E-state index < -0.39 is 11.6 Å². The molecule has 0 fully saturated rings. The molecule has 0 amide bonds. The molecule has 2 aromatic heterocycles. The average Bonchev–Trinajstić information content (AvgIpc) is 2.70. The Labute approximate surface area is 160 Å². The van der Waals surface area contributed by atoms with Crippen LogP contribution in [0, 0.1) is 11.6 Å². The van der Waals surface area contributed by atoms with E-state index in [-0.39, 0.29) is 11.3 Å². The molecule has 0 radical (unpaired) electrons. The molecule has 0 aliphatic heterocycles. The summed E-state index contributed by atoms with van der Waals surface area (Å²) in [4.78, 5) is 13.1. The zero-order valence-electron chi connectivity index (χ0n) is 14.7. The number of pyridine rings is 1. The molecular formula is C22H15F2N3O. The molecule has 28 heavy (non-hydrogen) atoms. The molecule has 0 unspecified atom stereocenters. The number of hydrogen-bond donors (Lipinski definition) is 1. The molecule has 138 valence electrons. The Balaban J connectivity index is 1.67. The Hall–Kier alpha value is -3.67. The maximum absolute atomic E-state index is 14.1. The van der Waals surface area contributed by atoms with E-state index >= 15 is 0 Å². The number of para-hydroxylation sites is 1. The smallest absolute Gasteiger partial charge is 0.135 e. The van der Waals surface area contributed by atoms with Gasteiger partial charge in [-0.15, -0.1) is 0 Å². The lowest BCUT2D eigenvalue weighted by molar-refractivity contribution is 0.469. The Morgan fingerprint density at radius 3 is 2.43 bits per heavy atom. The molecule has 2 heterocycles. The number of aromatic nitrogens is 3. The molecule has 0 saturated carbocycles. The van der Waals surface area contributed by atoms with Crippen molar-refractivity contribution in [2.24, 2.45) is 0 Å². The molecule has 0 atom stereocenters. The maximum atomic E-state index is 14.1. The van der Waals surface area contributed by atoms with E-state index in [1.807, 2.05) is 24.3 Å². The minimum Gasteiger partial charge on any atom is -0.508 e. The van der Waals surface area contributed by atoms with Crippen LogP contribution < -0.4 is 0 Å². The van der Waals surface area contributed by atoms with E-state index in [0.29, 0.717) is 23.5 Å². The second-order valence-corrected chi connectivity index (χ2v) is 6.23. The lowest BCUT2D eigenvalue weighted by atomic mass is 10.1. The van der Waals surface area contributed by atoms with Crippen molar-refractivity contribution in [2.45, 2.75) is 6.42 Å². The first-order chi connectivity index (χ1) is 13.6. The molecule has 4 rings (SSSR count). The molecule has 0 aliphatic carbocycles. The lowest BCUT2D eigenvalue weighted by Crippen LogP contribution is -1.97. The van der Waals surface area contributed by atoms with Crippen molar-refractivity contribution in [1.82, 2.24) is 15.0 Å². The number of phenolic OH excluding ortho intramolecular Hbond substituents is 1. The lowest BCUT2D eigenvalue weighted by Gasteiger charge is -2.08. The van der Waals surface area contributed by atoms with Gasteiger partial charge in [0, 0.05) is 23.7 Å². The van der Waals surface area contributed by atoms with Crippen LogP contribution in [0.15, 0.2) is 73.1 Å². The van der Waals surface area contributed by atoms with Crippen molar-refractivity contribution in [1.29, 1.82) is 0 Å². The predicted molar refractivity (Wildman–Crippen MR) is 102 cm³/mol. The van der Waals surface area contributed by atoms with Crippen LogP contribution in [-0.4, -0.2) is 20.1 Å². The van der Waals surface area contributed by atoms with Crippen LogP contribution in [0.3, 0.4) is 0 Å². The van der Waals surface area contributed by atoms with E-state index in [4.69, 9.17) is 0 Å². The normalized spacial score (nSPS) is 10.8. The number of aromatic hydroxyl groups is 1. The molecule has 2 aromatic carbocycles. The molecule has 0 aliphatic rings. The Bertz CT molecular complexity index is 1150. The molecule has 0 spiro atoms. The average molecular weight is 375 g/mol. The number of halogens is 2. The molecular weight excluding hydrogens is 360 g/mol. The first kappa shape index (κ1) is 17.7. The third-order valence-corrected chi connectivity index (χ3v) is 4.27. The zero-order chi connectivity index (χ0) is 19.5. The van der Waals surface area contributed by atoms with Crippen molar-refractivity contribution in [2.75, 3.05) is 0 Å². The minimum absolute atomic E-state index is 0.168. The van der Waals surface area contributed by atoms with Crippen molar-refractivity contribution >= 4 is 0 Å². The summed E-state index contributed by atoms with van der Waals surface area (Å²) in [7, 11) is 0. The molecule has 1 N–H and O–H groups in total. The molecule has 0 bridgehead atoms. The van der Waals surface area contributed by atoms with Crippen molar-refractivity contribution in [3.05, 3.63) is 95.9 Å². The first-order valence-electron chi connectivity index (χ1n) is 8.61. The van der Waals surface area contributed by atoms with Gasteiger partial charge in [-0.2, -0.15) is 0 Å². The quantitative estimate of drug-likeness (QED) is 0.558. The fourth-order valence-electron chi connectivity index (χ4n) is 2.89. The zero-order valence-corrected chi connectivity index (χ0v) is 14.7. The fraction of sp³-hybridized carbons (Fsp3) is 0.0455. The SMILES string of the molecule is Oc1ccccc1Cc1cccc(-c2cncc(-c3ccc(F)cc3F)n2)n1. The standard InChI is InChI=1S/C22H15F2N3O/c23-15-8-9-17(18(24)11-15)20-12-25-13-21(27-20)19-6-3-5-16(26-19)10-14-4-1-2-7-22(14)28/h1-9,11-13,28H,10H2. The highest BCUT2D eigenvalue weighted by molar-refractivity contribution is 5.63. The highest BCUT2D eigenvalue weighted by atomic mass is 19.1. The predicted octanol–water partition coefficient (Wildman–Crippen LogP) is 4.78. The summed E-state index contributed by atoms with van der Waals surface area (Å²) in [5.41, 5.74) is 3.02. The van der Waals surface area contributed by atoms with E-state index in [2.05, 4.69) is 15.0 Å². The summed E-state index contributed by atoms with van der Waals surface area (Å²) in [6.45, 7) is 0. The molecule has 6 heteroatoms. The van der Waals surface area contributed by atoms with Crippen LogP contribution in [0.4, 0.5) is 8.78 Å². The summed E-state index contributed by atoms with van der Waals surface area (Å²) in [6.07, 6.45) is 3.42. The van der Waals surface area contributed by atoms with E-state index in [1.54, 1.807) is 18.2 Å². The van der Waals surface area contributed by atoms with Gasteiger partial charge in [-0.25, -0.2) is 13.8 Å². The van der Waals surface area contributed by atoms with Gasteiger partial charge in [-0.3, -0.25) is 9.97 Å². The van der Waals surface area contributed by atoms with Gasteiger partial charge in [0.2, 0.25) is 0 Å². The van der Waals surface area contributed by atoms with Crippen molar-refractivity contribution in [3.8, 4) is 28.4 Å². The summed E-state index contributed by atoms with van der Waals surface area (Å²) in [5.74, 6) is -1.14. The fourth-order valence-corrected chi connectivity index (χ4v) is 2.89. The summed E-state index contributed by atoms with van der Waals surface area (Å²) in [5, 5.41) is 9.95. The second-order valence-electron chi connectivity index (χ2n) is 6.23. The summed E-state index contributed by atoms with van der Waals surface area (Å²) in [6, 6.07) is 15.9. The van der Waals surface area contributed by atoms with Gasteiger partial charge in [0.05, 0.1) is 23.8 Å². The van der Waals surface area contributed by atoms with Gasteiger partial charge >= 0.3 is 0 Å². The number of phenols is 1. The Morgan fingerprint density at radius 1 is 0.786 bits per heavy atom. The van der Waals surface area contributed by atoms with Gasteiger partial charge in [-0.05, 0) is 35.9 Å². The van der Waals surface area contributed by atoms with E-state index in [0.717, 1.165) is 17.3 Å². The Morgan fingerprint density at radius 2 is 1.61 bits per heavy atom. The number of rotatable bonds is 4. The number of nitrogens with zero attached hydrogens (tertiary/aromatic N) is 3. The highest BCUT2D eigenvalue weighted by Crippen LogP contribution is 2.24. The van der Waals surface area contributed by atoms with Crippen molar-refractivity contribution < 1.29 is 13.9 Å². The van der Waals surface area contributed by atoms with E-state index in [9.17, 15) is 13.9 Å². The second kappa shape index (κ2) is 7.52. The van der Waals surface area contributed by atoms with Crippen LogP contribution in [0.25, 0.3) is 22.6 Å². The largest absolute Gasteiger partial charge is 0.508 e.